The van der Waals surface area contributed by atoms with Crippen LogP contribution in [0.5, 0.6) is 5.75 Å². The summed E-state index contributed by atoms with van der Waals surface area (Å²) in [6.07, 6.45) is 0. The van der Waals surface area contributed by atoms with E-state index in [0.29, 0.717) is 5.06 Å². The van der Waals surface area contributed by atoms with Gasteiger partial charge in [0.2, 0.25) is 0 Å². The summed E-state index contributed by atoms with van der Waals surface area (Å²) in [5, 5.41) is 29.8. The number of para-hydroxylation sites is 1. The number of hydroxylamine groups is 1. The normalized spacial score (nSPS) is 9.86. The number of benzene rings is 1. The number of anilines is 1. The summed E-state index contributed by atoms with van der Waals surface area (Å²) < 4.78 is 0. The Kier molecular flexibility index (Phi) is 2.88. The Morgan fingerprint density at radius 1 is 1.57 bits per heavy atom. The number of phenolic OH excluding ortho intramolecular Hbond substituents is 1. The Morgan fingerprint density at radius 2 is 2.21 bits per heavy atom. The van der Waals surface area contributed by atoms with Gasteiger partial charge in [0.05, 0.1) is 4.92 Å². The van der Waals surface area contributed by atoms with E-state index in [4.69, 9.17) is 0 Å². The van der Waals surface area contributed by atoms with Gasteiger partial charge in [-0.25, -0.2) is 5.06 Å². The zero-order valence-corrected chi connectivity index (χ0v) is 7.54. The molecule has 0 saturated carbocycles. The summed E-state index contributed by atoms with van der Waals surface area (Å²) in [6, 6.07) is 3.84. The molecule has 0 heterocycles. The van der Waals surface area contributed by atoms with Crippen LogP contribution in [0.25, 0.3) is 0 Å². The van der Waals surface area contributed by atoms with E-state index in [1.165, 1.54) is 18.2 Å². The Labute approximate surface area is 80.1 Å². The number of nitrogens with zero attached hydrogens (tertiary/aromatic N) is 2. The van der Waals surface area contributed by atoms with Crippen molar-refractivity contribution in [1.29, 1.82) is 0 Å². The Bertz CT molecular complexity index is 353. The van der Waals surface area contributed by atoms with Crippen LogP contribution in [0.2, 0.25) is 0 Å². The molecule has 0 aromatic heterocycles. The lowest BCUT2D eigenvalue weighted by Gasteiger charge is -2.15. The van der Waals surface area contributed by atoms with Gasteiger partial charge in [-0.3, -0.25) is 15.3 Å². The van der Waals surface area contributed by atoms with Crippen molar-refractivity contribution in [3.05, 3.63) is 28.3 Å². The molecule has 1 aromatic rings. The maximum atomic E-state index is 10.6. The molecule has 2 N–H and O–H groups in total. The van der Waals surface area contributed by atoms with E-state index in [-0.39, 0.29) is 23.7 Å². The molecule has 14 heavy (non-hydrogen) atoms. The summed E-state index contributed by atoms with van der Waals surface area (Å²) in [5.41, 5.74) is -0.505. The minimum atomic E-state index is -0.659. The molecular formula is C8H10N2O4. The highest BCUT2D eigenvalue weighted by Gasteiger charge is 2.21. The van der Waals surface area contributed by atoms with E-state index in [1.807, 2.05) is 0 Å². The van der Waals surface area contributed by atoms with Gasteiger partial charge in [-0.15, -0.1) is 0 Å². The van der Waals surface area contributed by atoms with E-state index in [2.05, 4.69) is 0 Å². The first-order chi connectivity index (χ1) is 6.57. The van der Waals surface area contributed by atoms with E-state index < -0.39 is 4.92 Å². The molecule has 0 aliphatic rings. The van der Waals surface area contributed by atoms with Gasteiger partial charge in [-0.05, 0) is 13.0 Å². The molecule has 0 fully saturated rings. The molecule has 0 aliphatic heterocycles. The number of nitro benzene ring substituents is 1. The van der Waals surface area contributed by atoms with Crippen molar-refractivity contribution in [3.8, 4) is 5.75 Å². The molecule has 1 aromatic carbocycles. The van der Waals surface area contributed by atoms with Gasteiger partial charge < -0.3 is 5.11 Å². The summed E-state index contributed by atoms with van der Waals surface area (Å²) in [6.45, 7) is 1.76. The van der Waals surface area contributed by atoms with Gasteiger partial charge in [0.1, 0.15) is 5.75 Å². The van der Waals surface area contributed by atoms with Gasteiger partial charge in [-0.1, -0.05) is 6.07 Å². The predicted molar refractivity (Wildman–Crippen MR) is 49.6 cm³/mol. The average molecular weight is 198 g/mol. The van der Waals surface area contributed by atoms with Crippen molar-refractivity contribution in [2.75, 3.05) is 11.6 Å². The molecule has 0 radical (unpaired) electrons. The van der Waals surface area contributed by atoms with Crippen LogP contribution in [0.4, 0.5) is 11.4 Å². The van der Waals surface area contributed by atoms with Gasteiger partial charge in [0.15, 0.2) is 5.69 Å². The minimum Gasteiger partial charge on any atom is -0.505 e. The summed E-state index contributed by atoms with van der Waals surface area (Å²) >= 11 is 0. The quantitative estimate of drug-likeness (QED) is 0.567. The van der Waals surface area contributed by atoms with Crippen LogP contribution in [-0.2, 0) is 0 Å². The first kappa shape index (κ1) is 10.3. The van der Waals surface area contributed by atoms with Crippen LogP contribution in [0, 0.1) is 10.1 Å². The lowest BCUT2D eigenvalue weighted by molar-refractivity contribution is -0.384. The van der Waals surface area contributed by atoms with E-state index >= 15 is 0 Å². The SMILES string of the molecule is CCN(O)c1c(O)cccc1[N+](=O)[O-]. The summed E-state index contributed by atoms with van der Waals surface area (Å²) in [5.74, 6) is -0.316. The second kappa shape index (κ2) is 3.93. The number of hydrogen-bond donors (Lipinski definition) is 2. The zero-order valence-electron chi connectivity index (χ0n) is 7.54. The number of rotatable bonds is 3. The van der Waals surface area contributed by atoms with Gasteiger partial charge in [0.25, 0.3) is 5.69 Å². The fourth-order valence-electron chi connectivity index (χ4n) is 1.09. The Morgan fingerprint density at radius 3 is 2.71 bits per heavy atom. The molecule has 1 rings (SSSR count). The third kappa shape index (κ3) is 1.74. The van der Waals surface area contributed by atoms with Crippen LogP contribution < -0.4 is 5.06 Å². The first-order valence-electron chi connectivity index (χ1n) is 4.00. The molecule has 0 spiro atoms. The van der Waals surface area contributed by atoms with Crippen LogP contribution in [0.3, 0.4) is 0 Å². The number of nitro groups is 1. The largest absolute Gasteiger partial charge is 0.505 e. The first-order valence-corrected chi connectivity index (χ1v) is 4.00. The molecule has 0 aliphatic carbocycles. The number of phenols is 1. The smallest absolute Gasteiger partial charge is 0.298 e. The predicted octanol–water partition coefficient (Wildman–Crippen LogP) is 1.52. The second-order valence-electron chi connectivity index (χ2n) is 2.62. The molecule has 6 nitrogen and oxygen atoms in total. The van der Waals surface area contributed by atoms with E-state index in [1.54, 1.807) is 6.92 Å². The number of hydrogen-bond acceptors (Lipinski definition) is 5. The van der Waals surface area contributed by atoms with Crippen molar-refractivity contribution < 1.29 is 15.2 Å². The zero-order chi connectivity index (χ0) is 10.7. The van der Waals surface area contributed by atoms with Gasteiger partial charge in [-0.2, -0.15) is 0 Å². The Hall–Kier alpha value is -1.82. The third-order valence-electron chi connectivity index (χ3n) is 1.75. The van der Waals surface area contributed by atoms with Crippen molar-refractivity contribution in [1.82, 2.24) is 0 Å². The molecule has 6 heteroatoms. The van der Waals surface area contributed by atoms with Crippen LogP contribution in [-0.4, -0.2) is 21.8 Å². The summed E-state index contributed by atoms with van der Waals surface area (Å²) in [4.78, 5) is 9.89. The van der Waals surface area contributed by atoms with Crippen molar-refractivity contribution in [2.24, 2.45) is 0 Å². The van der Waals surface area contributed by atoms with Gasteiger partial charge in [0, 0.05) is 12.6 Å². The maximum Gasteiger partial charge on any atom is 0.298 e. The fourth-order valence-corrected chi connectivity index (χ4v) is 1.09. The topological polar surface area (TPSA) is 86.8 Å². The van der Waals surface area contributed by atoms with Gasteiger partial charge >= 0.3 is 0 Å². The standard InChI is InChI=1S/C8H10N2O4/c1-2-9(12)8-6(10(13)14)4-3-5-7(8)11/h3-5,11-12H,2H2,1H3. The average Bonchev–Trinajstić information content (AvgIpc) is 2.16. The highest BCUT2D eigenvalue weighted by molar-refractivity contribution is 5.69. The molecule has 76 valence electrons. The lowest BCUT2D eigenvalue weighted by atomic mass is 10.2. The van der Waals surface area contributed by atoms with Crippen LogP contribution in [0.1, 0.15) is 6.92 Å². The summed E-state index contributed by atoms with van der Waals surface area (Å²) in [7, 11) is 0. The lowest BCUT2D eigenvalue weighted by Crippen LogP contribution is -2.18. The number of aromatic hydroxyl groups is 1. The molecule has 0 bridgehead atoms. The molecule has 0 atom stereocenters. The highest BCUT2D eigenvalue weighted by atomic mass is 16.6. The van der Waals surface area contributed by atoms with E-state index in [9.17, 15) is 20.4 Å². The van der Waals surface area contributed by atoms with Crippen LogP contribution in [0.15, 0.2) is 18.2 Å². The maximum absolute atomic E-state index is 10.6. The molecule has 0 amide bonds. The third-order valence-corrected chi connectivity index (χ3v) is 1.75. The van der Waals surface area contributed by atoms with E-state index in [0.717, 1.165) is 0 Å². The fraction of sp³-hybridized carbons (Fsp3) is 0.250. The molecular weight excluding hydrogens is 188 g/mol. The second-order valence-corrected chi connectivity index (χ2v) is 2.62. The van der Waals surface area contributed by atoms with Crippen molar-refractivity contribution >= 4 is 11.4 Å². The van der Waals surface area contributed by atoms with Crippen molar-refractivity contribution in [3.63, 3.8) is 0 Å². The Balaban J connectivity index is 3.29. The molecule has 0 unspecified atom stereocenters. The minimum absolute atomic E-state index is 0.151. The highest BCUT2D eigenvalue weighted by Crippen LogP contribution is 2.35. The van der Waals surface area contributed by atoms with Crippen LogP contribution >= 0.6 is 0 Å². The molecule has 0 saturated heterocycles. The monoisotopic (exact) mass is 198 g/mol. The van der Waals surface area contributed by atoms with Crippen molar-refractivity contribution in [2.45, 2.75) is 6.92 Å².